The average molecular weight is 367 g/mol. The van der Waals surface area contributed by atoms with Crippen molar-refractivity contribution in [2.75, 3.05) is 18.7 Å². The Bertz CT molecular complexity index is 816. The van der Waals surface area contributed by atoms with Crippen LogP contribution in [0.4, 0.5) is 5.82 Å². The highest BCUT2D eigenvalue weighted by Gasteiger charge is 2.53. The number of halogens is 1. The molecule has 0 radical (unpaired) electrons. The molecule has 25 heavy (non-hydrogen) atoms. The molecule has 8 nitrogen and oxygen atoms in total. The second-order valence-electron chi connectivity index (χ2n) is 5.86. The van der Waals surface area contributed by atoms with E-state index in [0.29, 0.717) is 29.0 Å². The number of aliphatic hydroxyl groups excluding tert-OH is 2. The summed E-state index contributed by atoms with van der Waals surface area (Å²) in [5.74, 6) is 3.01. The molecule has 3 N–H and O–H groups in total. The maximum atomic E-state index is 10.3. The van der Waals surface area contributed by atoms with Gasteiger partial charge in [-0.2, -0.15) is 0 Å². The summed E-state index contributed by atoms with van der Waals surface area (Å²) in [5, 5.41) is 20.3. The van der Waals surface area contributed by atoms with Gasteiger partial charge in [-0.1, -0.05) is 5.92 Å². The Hall–Kier alpha value is -1.89. The molecule has 3 rings (SSSR count). The number of aliphatic hydroxyl groups is 2. The zero-order chi connectivity index (χ0) is 18.2. The van der Waals surface area contributed by atoms with E-state index in [0.717, 1.165) is 0 Å². The summed E-state index contributed by atoms with van der Waals surface area (Å²) in [6.45, 7) is 3.56. The second kappa shape index (κ2) is 6.78. The van der Waals surface area contributed by atoms with Gasteiger partial charge in [0.05, 0.1) is 24.2 Å². The van der Waals surface area contributed by atoms with Gasteiger partial charge in [0.2, 0.25) is 0 Å². The van der Waals surface area contributed by atoms with Gasteiger partial charge in [-0.15, -0.1) is 18.0 Å². The standard InChI is InChI=1S/C16H19ClN4O4/c1-4-9-6-21(15-16(3,17)12(23)10(7-22)25-15)14-11(9)13(18-8-19-14)20-24-5-2/h1,6,8,10,12,15,22-23H,5,7H2,2-3H3,(H,18,19,20)/t10-,12-,15-,16-/m1/s1. The molecule has 2 aromatic heterocycles. The molecule has 1 aliphatic rings. The van der Waals surface area contributed by atoms with E-state index in [9.17, 15) is 10.2 Å². The van der Waals surface area contributed by atoms with Gasteiger partial charge in [-0.05, 0) is 13.8 Å². The minimum atomic E-state index is -1.18. The average Bonchev–Trinajstić information content (AvgIpc) is 3.09. The maximum Gasteiger partial charge on any atom is 0.163 e. The van der Waals surface area contributed by atoms with Crippen molar-refractivity contribution in [3.63, 3.8) is 0 Å². The number of terminal acetylenes is 1. The van der Waals surface area contributed by atoms with Gasteiger partial charge in [-0.3, -0.25) is 4.84 Å². The number of hydrogen-bond donors (Lipinski definition) is 3. The SMILES string of the molecule is C#Cc1cn([C@@H]2O[C@H](CO)[C@@H](O)[C@@]2(C)Cl)c2ncnc(NOCC)c12. The molecule has 0 amide bonds. The Morgan fingerprint density at radius 3 is 2.92 bits per heavy atom. The van der Waals surface area contributed by atoms with Crippen LogP contribution in [0.3, 0.4) is 0 Å². The van der Waals surface area contributed by atoms with Crippen molar-refractivity contribution in [2.24, 2.45) is 0 Å². The number of aromatic nitrogens is 3. The zero-order valence-corrected chi connectivity index (χ0v) is 14.6. The van der Waals surface area contributed by atoms with Crippen molar-refractivity contribution in [1.29, 1.82) is 0 Å². The van der Waals surface area contributed by atoms with Crippen LogP contribution in [-0.2, 0) is 9.57 Å². The predicted molar refractivity (Wildman–Crippen MR) is 92.0 cm³/mol. The molecule has 2 aromatic rings. The fourth-order valence-corrected chi connectivity index (χ4v) is 3.25. The fourth-order valence-electron chi connectivity index (χ4n) is 2.95. The smallest absolute Gasteiger partial charge is 0.163 e. The number of hydrogen-bond acceptors (Lipinski definition) is 7. The van der Waals surface area contributed by atoms with E-state index in [4.69, 9.17) is 27.6 Å². The highest BCUT2D eigenvalue weighted by atomic mass is 35.5. The van der Waals surface area contributed by atoms with E-state index < -0.39 is 23.3 Å². The van der Waals surface area contributed by atoms with Crippen molar-refractivity contribution < 1.29 is 19.8 Å². The number of ether oxygens (including phenoxy) is 1. The molecule has 0 saturated carbocycles. The van der Waals surface area contributed by atoms with Crippen LogP contribution < -0.4 is 5.48 Å². The van der Waals surface area contributed by atoms with Crippen LogP contribution in [0.5, 0.6) is 0 Å². The predicted octanol–water partition coefficient (Wildman–Crippen LogP) is 1.02. The molecule has 1 fully saturated rings. The molecule has 9 heteroatoms. The van der Waals surface area contributed by atoms with Crippen LogP contribution in [0, 0.1) is 12.3 Å². The van der Waals surface area contributed by atoms with E-state index in [1.807, 2.05) is 6.92 Å². The third-order valence-electron chi connectivity index (χ3n) is 4.23. The Labute approximate surface area is 149 Å². The summed E-state index contributed by atoms with van der Waals surface area (Å²) in [5.41, 5.74) is 3.75. The molecule has 0 aliphatic carbocycles. The maximum absolute atomic E-state index is 10.3. The number of nitrogens with zero attached hydrogens (tertiary/aromatic N) is 3. The van der Waals surface area contributed by atoms with E-state index in [1.54, 1.807) is 17.7 Å². The number of rotatable bonds is 5. The van der Waals surface area contributed by atoms with Gasteiger partial charge in [0.1, 0.15) is 29.1 Å². The van der Waals surface area contributed by atoms with E-state index >= 15 is 0 Å². The molecule has 1 saturated heterocycles. The molecule has 0 aromatic carbocycles. The molecule has 0 unspecified atom stereocenters. The molecular weight excluding hydrogens is 348 g/mol. The fraction of sp³-hybridized carbons (Fsp3) is 0.500. The Morgan fingerprint density at radius 1 is 1.56 bits per heavy atom. The summed E-state index contributed by atoms with van der Waals surface area (Å²) in [7, 11) is 0. The van der Waals surface area contributed by atoms with Gasteiger partial charge < -0.3 is 19.5 Å². The van der Waals surface area contributed by atoms with Gasteiger partial charge >= 0.3 is 0 Å². The van der Waals surface area contributed by atoms with E-state index in [2.05, 4.69) is 21.4 Å². The summed E-state index contributed by atoms with van der Waals surface area (Å²) in [6.07, 6.45) is 6.01. The normalized spacial score (nSPS) is 29.0. The quantitative estimate of drug-likeness (QED) is 0.412. The van der Waals surface area contributed by atoms with Crippen molar-refractivity contribution in [1.82, 2.24) is 14.5 Å². The molecule has 3 heterocycles. The highest BCUT2D eigenvalue weighted by molar-refractivity contribution is 6.24. The van der Waals surface area contributed by atoms with Crippen molar-refractivity contribution >= 4 is 28.5 Å². The molecule has 1 aliphatic heterocycles. The first kappa shape index (κ1) is 17.9. The van der Waals surface area contributed by atoms with Gasteiger partial charge in [0.25, 0.3) is 0 Å². The van der Waals surface area contributed by atoms with Crippen LogP contribution in [0.25, 0.3) is 11.0 Å². The highest BCUT2D eigenvalue weighted by Crippen LogP contribution is 2.45. The first-order valence-electron chi connectivity index (χ1n) is 7.78. The lowest BCUT2D eigenvalue weighted by Crippen LogP contribution is -2.39. The molecular formula is C16H19ClN4O4. The van der Waals surface area contributed by atoms with Crippen LogP contribution >= 0.6 is 11.6 Å². The van der Waals surface area contributed by atoms with Crippen molar-refractivity contribution in [3.8, 4) is 12.3 Å². The minimum Gasteiger partial charge on any atom is -0.394 e. The van der Waals surface area contributed by atoms with Crippen LogP contribution in [0.2, 0.25) is 0 Å². The Balaban J connectivity index is 2.14. The largest absolute Gasteiger partial charge is 0.394 e. The van der Waals surface area contributed by atoms with Crippen LogP contribution in [0.15, 0.2) is 12.5 Å². The van der Waals surface area contributed by atoms with E-state index in [-0.39, 0.29) is 6.61 Å². The zero-order valence-electron chi connectivity index (χ0n) is 13.8. The number of alkyl halides is 1. The summed E-state index contributed by atoms with van der Waals surface area (Å²) >= 11 is 6.53. The van der Waals surface area contributed by atoms with Gasteiger partial charge in [-0.25, -0.2) is 15.4 Å². The summed E-state index contributed by atoms with van der Waals surface area (Å²) in [4.78, 5) is 12.5. The lowest BCUT2D eigenvalue weighted by molar-refractivity contribution is -0.0439. The molecule has 0 spiro atoms. The van der Waals surface area contributed by atoms with E-state index in [1.165, 1.54) is 6.33 Å². The van der Waals surface area contributed by atoms with Crippen molar-refractivity contribution in [2.45, 2.75) is 37.2 Å². The van der Waals surface area contributed by atoms with Crippen molar-refractivity contribution in [3.05, 3.63) is 18.1 Å². The summed E-state index contributed by atoms with van der Waals surface area (Å²) in [6, 6.07) is 0. The second-order valence-corrected chi connectivity index (χ2v) is 6.67. The lowest BCUT2D eigenvalue weighted by Gasteiger charge is -2.26. The topological polar surface area (TPSA) is 102 Å². The number of anilines is 1. The van der Waals surface area contributed by atoms with Gasteiger partial charge in [0, 0.05) is 6.20 Å². The van der Waals surface area contributed by atoms with Gasteiger partial charge in [0.15, 0.2) is 12.0 Å². The van der Waals surface area contributed by atoms with Crippen LogP contribution in [-0.4, -0.2) is 55.0 Å². The number of fused-ring (bicyclic) bond motifs is 1. The number of nitrogens with one attached hydrogen (secondary N) is 1. The first-order chi connectivity index (χ1) is 12.0. The Morgan fingerprint density at radius 2 is 2.32 bits per heavy atom. The minimum absolute atomic E-state index is 0.354. The monoisotopic (exact) mass is 366 g/mol. The first-order valence-corrected chi connectivity index (χ1v) is 8.16. The van der Waals surface area contributed by atoms with Crippen LogP contribution in [0.1, 0.15) is 25.6 Å². The third kappa shape index (κ3) is 2.84. The molecule has 0 bridgehead atoms. The molecule has 134 valence electrons. The summed E-state index contributed by atoms with van der Waals surface area (Å²) < 4.78 is 7.41. The lowest BCUT2D eigenvalue weighted by atomic mass is 10.0. The third-order valence-corrected chi connectivity index (χ3v) is 4.64. The molecule has 4 atom stereocenters. The Kier molecular flexibility index (Phi) is 4.86.